The molecule has 1 aromatic heterocycles. The SMILES string of the molecule is Cc1[nH]c(Br)nc1-c1ccc(O)cc1. The van der Waals surface area contributed by atoms with E-state index < -0.39 is 0 Å². The Bertz CT molecular complexity index is 448. The van der Waals surface area contributed by atoms with Crippen LogP contribution in [0, 0.1) is 6.92 Å². The minimum atomic E-state index is 0.265. The third kappa shape index (κ3) is 1.65. The monoisotopic (exact) mass is 252 g/mol. The summed E-state index contributed by atoms with van der Waals surface area (Å²) in [6, 6.07) is 6.98. The molecule has 2 N–H and O–H groups in total. The molecule has 0 fully saturated rings. The summed E-state index contributed by atoms with van der Waals surface area (Å²) in [6.45, 7) is 1.96. The molecule has 0 atom stereocenters. The van der Waals surface area contributed by atoms with E-state index in [-0.39, 0.29) is 5.75 Å². The lowest BCUT2D eigenvalue weighted by Gasteiger charge is -1.98. The van der Waals surface area contributed by atoms with Crippen molar-refractivity contribution in [1.29, 1.82) is 0 Å². The highest BCUT2D eigenvalue weighted by molar-refractivity contribution is 9.10. The van der Waals surface area contributed by atoms with Crippen molar-refractivity contribution in [2.24, 2.45) is 0 Å². The Morgan fingerprint density at radius 2 is 1.93 bits per heavy atom. The molecule has 2 rings (SSSR count). The number of phenols is 1. The van der Waals surface area contributed by atoms with E-state index in [0.717, 1.165) is 21.7 Å². The van der Waals surface area contributed by atoms with Gasteiger partial charge in [-0.1, -0.05) is 0 Å². The number of halogens is 1. The lowest BCUT2D eigenvalue weighted by atomic mass is 10.1. The molecule has 0 aliphatic carbocycles. The van der Waals surface area contributed by atoms with Gasteiger partial charge in [-0.05, 0) is 47.1 Å². The van der Waals surface area contributed by atoms with Gasteiger partial charge in [-0.3, -0.25) is 0 Å². The fourth-order valence-electron chi connectivity index (χ4n) is 1.32. The summed E-state index contributed by atoms with van der Waals surface area (Å²) in [6.07, 6.45) is 0. The average molecular weight is 253 g/mol. The number of nitrogens with one attached hydrogen (secondary N) is 1. The van der Waals surface area contributed by atoms with Crippen LogP contribution in [0.1, 0.15) is 5.69 Å². The molecule has 1 aromatic carbocycles. The van der Waals surface area contributed by atoms with Crippen LogP contribution in [0.5, 0.6) is 5.75 Å². The zero-order valence-corrected chi connectivity index (χ0v) is 9.17. The maximum atomic E-state index is 9.14. The van der Waals surface area contributed by atoms with E-state index in [1.165, 1.54) is 0 Å². The number of H-pyrrole nitrogens is 1. The highest BCUT2D eigenvalue weighted by Crippen LogP contribution is 2.24. The third-order valence-corrected chi connectivity index (χ3v) is 2.37. The smallest absolute Gasteiger partial charge is 0.175 e. The van der Waals surface area contributed by atoms with Gasteiger partial charge in [0, 0.05) is 11.3 Å². The van der Waals surface area contributed by atoms with Gasteiger partial charge in [0.15, 0.2) is 4.73 Å². The fraction of sp³-hybridized carbons (Fsp3) is 0.100. The second-order valence-electron chi connectivity index (χ2n) is 3.05. The summed E-state index contributed by atoms with van der Waals surface area (Å²) in [7, 11) is 0. The summed E-state index contributed by atoms with van der Waals surface area (Å²) in [4.78, 5) is 7.35. The first-order chi connectivity index (χ1) is 6.66. The molecular formula is C10H9BrN2O. The van der Waals surface area contributed by atoms with Crippen LogP contribution in [0.25, 0.3) is 11.3 Å². The van der Waals surface area contributed by atoms with Crippen LogP contribution in [-0.4, -0.2) is 15.1 Å². The number of aryl methyl sites for hydroxylation is 1. The lowest BCUT2D eigenvalue weighted by Crippen LogP contribution is -1.80. The van der Waals surface area contributed by atoms with Gasteiger partial charge in [0.05, 0.1) is 5.69 Å². The highest BCUT2D eigenvalue weighted by Gasteiger charge is 2.06. The van der Waals surface area contributed by atoms with Gasteiger partial charge >= 0.3 is 0 Å². The van der Waals surface area contributed by atoms with Gasteiger partial charge in [-0.2, -0.15) is 0 Å². The zero-order valence-electron chi connectivity index (χ0n) is 7.58. The Kier molecular flexibility index (Phi) is 2.29. The van der Waals surface area contributed by atoms with Crippen molar-refractivity contribution >= 4 is 15.9 Å². The van der Waals surface area contributed by atoms with Gasteiger partial charge in [0.1, 0.15) is 5.75 Å². The molecule has 0 aliphatic rings. The second kappa shape index (κ2) is 3.46. The first-order valence-corrected chi connectivity index (χ1v) is 4.97. The molecule has 0 unspecified atom stereocenters. The Morgan fingerprint density at radius 3 is 2.43 bits per heavy atom. The fourth-order valence-corrected chi connectivity index (χ4v) is 1.80. The van der Waals surface area contributed by atoms with Gasteiger partial charge in [0.2, 0.25) is 0 Å². The molecule has 0 saturated carbocycles. The van der Waals surface area contributed by atoms with E-state index in [4.69, 9.17) is 5.11 Å². The van der Waals surface area contributed by atoms with E-state index in [1.54, 1.807) is 12.1 Å². The topological polar surface area (TPSA) is 48.9 Å². The normalized spacial score (nSPS) is 10.4. The van der Waals surface area contributed by atoms with Crippen LogP contribution in [0.4, 0.5) is 0 Å². The quantitative estimate of drug-likeness (QED) is 0.820. The molecule has 1 heterocycles. The van der Waals surface area contributed by atoms with E-state index in [9.17, 15) is 0 Å². The second-order valence-corrected chi connectivity index (χ2v) is 3.80. The Labute approximate surface area is 89.9 Å². The molecule has 14 heavy (non-hydrogen) atoms. The maximum absolute atomic E-state index is 9.14. The van der Waals surface area contributed by atoms with Crippen molar-refractivity contribution in [3.8, 4) is 17.0 Å². The molecule has 0 radical (unpaired) electrons. The van der Waals surface area contributed by atoms with Crippen LogP contribution in [-0.2, 0) is 0 Å². The molecular weight excluding hydrogens is 244 g/mol. The van der Waals surface area contributed by atoms with Gasteiger partial charge in [-0.15, -0.1) is 0 Å². The predicted octanol–water partition coefficient (Wildman–Crippen LogP) is 2.85. The molecule has 0 spiro atoms. The molecule has 0 bridgehead atoms. The van der Waals surface area contributed by atoms with Crippen molar-refractivity contribution in [1.82, 2.24) is 9.97 Å². The molecule has 72 valence electrons. The lowest BCUT2D eigenvalue weighted by molar-refractivity contribution is 0.475. The first kappa shape index (κ1) is 9.27. The maximum Gasteiger partial charge on any atom is 0.175 e. The molecule has 2 aromatic rings. The van der Waals surface area contributed by atoms with E-state index in [2.05, 4.69) is 25.9 Å². The average Bonchev–Trinajstić information content (AvgIpc) is 2.47. The van der Waals surface area contributed by atoms with Crippen molar-refractivity contribution in [2.75, 3.05) is 0 Å². The van der Waals surface area contributed by atoms with Crippen LogP contribution in [0.2, 0.25) is 0 Å². The van der Waals surface area contributed by atoms with Gasteiger partial charge in [0.25, 0.3) is 0 Å². The van der Waals surface area contributed by atoms with E-state index >= 15 is 0 Å². The minimum Gasteiger partial charge on any atom is -0.508 e. The molecule has 0 aliphatic heterocycles. The number of rotatable bonds is 1. The largest absolute Gasteiger partial charge is 0.508 e. The number of benzene rings is 1. The predicted molar refractivity (Wildman–Crippen MR) is 58.1 cm³/mol. The van der Waals surface area contributed by atoms with Crippen LogP contribution in [0.3, 0.4) is 0 Å². The summed E-state index contributed by atoms with van der Waals surface area (Å²) in [5, 5.41) is 9.14. The molecule has 0 saturated heterocycles. The van der Waals surface area contributed by atoms with Gasteiger partial charge in [-0.25, -0.2) is 4.98 Å². The number of phenolic OH excluding ortho intramolecular Hbond substituents is 1. The van der Waals surface area contributed by atoms with Crippen LogP contribution < -0.4 is 0 Å². The number of nitrogens with zero attached hydrogens (tertiary/aromatic N) is 1. The number of hydrogen-bond acceptors (Lipinski definition) is 2. The van der Waals surface area contributed by atoms with Gasteiger partial charge < -0.3 is 10.1 Å². The number of aromatic amines is 1. The molecule has 0 amide bonds. The van der Waals surface area contributed by atoms with Crippen molar-refractivity contribution in [3.63, 3.8) is 0 Å². The van der Waals surface area contributed by atoms with Crippen LogP contribution in [0.15, 0.2) is 29.0 Å². The van der Waals surface area contributed by atoms with Crippen molar-refractivity contribution < 1.29 is 5.11 Å². The van der Waals surface area contributed by atoms with Crippen LogP contribution >= 0.6 is 15.9 Å². The first-order valence-electron chi connectivity index (χ1n) is 4.18. The summed E-state index contributed by atoms with van der Waals surface area (Å²) in [5.41, 5.74) is 2.89. The van der Waals surface area contributed by atoms with E-state index in [1.807, 2.05) is 19.1 Å². The third-order valence-electron chi connectivity index (χ3n) is 2.00. The highest BCUT2D eigenvalue weighted by atomic mass is 79.9. The Hall–Kier alpha value is -1.29. The number of aromatic nitrogens is 2. The number of hydrogen-bond donors (Lipinski definition) is 2. The van der Waals surface area contributed by atoms with E-state index in [0.29, 0.717) is 0 Å². The minimum absolute atomic E-state index is 0.265. The summed E-state index contributed by atoms with van der Waals surface area (Å²) >= 11 is 3.28. The zero-order chi connectivity index (χ0) is 10.1. The summed E-state index contributed by atoms with van der Waals surface area (Å²) < 4.78 is 0.720. The standard InChI is InChI=1S/C10H9BrN2O/c1-6-9(13-10(11)12-6)7-2-4-8(14)5-3-7/h2-5,14H,1H3,(H,12,13). The molecule has 3 nitrogen and oxygen atoms in total. The van der Waals surface area contributed by atoms with Crippen molar-refractivity contribution in [2.45, 2.75) is 6.92 Å². The number of imidazole rings is 1. The Morgan fingerprint density at radius 1 is 1.29 bits per heavy atom. The van der Waals surface area contributed by atoms with Crippen molar-refractivity contribution in [3.05, 3.63) is 34.7 Å². The summed E-state index contributed by atoms with van der Waals surface area (Å²) in [5.74, 6) is 0.265. The molecule has 4 heteroatoms. The number of aromatic hydroxyl groups is 1. The Balaban J connectivity index is 2.49.